The fraction of sp³-hybridized carbons (Fsp3) is 0.429. The molecule has 0 saturated carbocycles. The molecule has 0 aliphatic rings. The zero-order chi connectivity index (χ0) is 14.5. The van der Waals surface area contributed by atoms with E-state index >= 15 is 0 Å². The SMILES string of the molecule is CCC(=O)N[C@H](CC)Cn1nnc2ccccc2c1=O. The Hall–Kier alpha value is -2.24. The number of carbonyl (C=O) groups is 1. The van der Waals surface area contributed by atoms with Crippen LogP contribution in [0.2, 0.25) is 0 Å². The molecule has 6 heteroatoms. The molecule has 1 N–H and O–H groups in total. The van der Waals surface area contributed by atoms with Gasteiger partial charge in [0.2, 0.25) is 5.91 Å². The Bertz CT molecular complexity index is 666. The lowest BCUT2D eigenvalue weighted by Gasteiger charge is -2.16. The van der Waals surface area contributed by atoms with E-state index in [0.717, 1.165) is 6.42 Å². The lowest BCUT2D eigenvalue weighted by molar-refractivity contribution is -0.121. The van der Waals surface area contributed by atoms with E-state index in [9.17, 15) is 9.59 Å². The van der Waals surface area contributed by atoms with Crippen molar-refractivity contribution in [3.63, 3.8) is 0 Å². The van der Waals surface area contributed by atoms with Crippen LogP contribution in [-0.2, 0) is 11.3 Å². The topological polar surface area (TPSA) is 76.9 Å². The summed E-state index contributed by atoms with van der Waals surface area (Å²) >= 11 is 0. The van der Waals surface area contributed by atoms with Crippen LogP contribution in [0.25, 0.3) is 10.9 Å². The lowest BCUT2D eigenvalue weighted by atomic mass is 10.2. The third kappa shape index (κ3) is 3.01. The van der Waals surface area contributed by atoms with Gasteiger partial charge in [-0.15, -0.1) is 5.10 Å². The molecule has 2 rings (SSSR count). The van der Waals surface area contributed by atoms with Crippen LogP contribution in [-0.4, -0.2) is 26.9 Å². The van der Waals surface area contributed by atoms with E-state index in [2.05, 4.69) is 15.6 Å². The molecular weight excluding hydrogens is 256 g/mol. The predicted molar refractivity (Wildman–Crippen MR) is 76.3 cm³/mol. The highest BCUT2D eigenvalue weighted by Crippen LogP contribution is 2.04. The first kappa shape index (κ1) is 14.2. The fourth-order valence-electron chi connectivity index (χ4n) is 1.96. The molecule has 0 spiro atoms. The minimum atomic E-state index is -0.181. The second kappa shape index (κ2) is 6.27. The summed E-state index contributed by atoms with van der Waals surface area (Å²) in [7, 11) is 0. The summed E-state index contributed by atoms with van der Waals surface area (Å²) in [6.45, 7) is 4.09. The van der Waals surface area contributed by atoms with Crippen molar-refractivity contribution in [1.82, 2.24) is 20.3 Å². The highest BCUT2D eigenvalue weighted by Gasteiger charge is 2.13. The summed E-state index contributed by atoms with van der Waals surface area (Å²) in [4.78, 5) is 23.7. The van der Waals surface area contributed by atoms with Crippen molar-refractivity contribution in [3.05, 3.63) is 34.6 Å². The van der Waals surface area contributed by atoms with Crippen molar-refractivity contribution in [3.8, 4) is 0 Å². The third-order valence-electron chi connectivity index (χ3n) is 3.20. The number of carbonyl (C=O) groups excluding carboxylic acids is 1. The Morgan fingerprint density at radius 1 is 1.35 bits per heavy atom. The minimum absolute atomic E-state index is 0.0290. The maximum absolute atomic E-state index is 12.3. The van der Waals surface area contributed by atoms with Gasteiger partial charge < -0.3 is 5.32 Å². The van der Waals surface area contributed by atoms with E-state index in [1.807, 2.05) is 13.0 Å². The van der Waals surface area contributed by atoms with E-state index in [0.29, 0.717) is 23.9 Å². The molecule has 1 atom stereocenters. The van der Waals surface area contributed by atoms with Crippen LogP contribution in [0.4, 0.5) is 0 Å². The molecule has 0 saturated heterocycles. The molecule has 6 nitrogen and oxygen atoms in total. The highest BCUT2D eigenvalue weighted by atomic mass is 16.2. The van der Waals surface area contributed by atoms with E-state index in [-0.39, 0.29) is 17.5 Å². The monoisotopic (exact) mass is 274 g/mol. The molecule has 0 bridgehead atoms. The fourth-order valence-corrected chi connectivity index (χ4v) is 1.96. The number of hydrogen-bond acceptors (Lipinski definition) is 4. The highest BCUT2D eigenvalue weighted by molar-refractivity contribution is 5.76. The molecule has 0 radical (unpaired) electrons. The summed E-state index contributed by atoms with van der Waals surface area (Å²) in [5, 5.41) is 11.4. The molecule has 1 amide bonds. The number of amides is 1. The predicted octanol–water partition coefficient (Wildman–Crippen LogP) is 1.10. The van der Waals surface area contributed by atoms with E-state index in [4.69, 9.17) is 0 Å². The molecule has 106 valence electrons. The summed E-state index contributed by atoms with van der Waals surface area (Å²) in [6.07, 6.45) is 1.15. The molecule has 1 aromatic heterocycles. The van der Waals surface area contributed by atoms with Gasteiger partial charge in [0.05, 0.1) is 11.9 Å². The Balaban J connectivity index is 2.26. The van der Waals surface area contributed by atoms with Crippen LogP contribution in [0.5, 0.6) is 0 Å². The van der Waals surface area contributed by atoms with Crippen LogP contribution in [0, 0.1) is 0 Å². The van der Waals surface area contributed by atoms with Crippen molar-refractivity contribution in [2.24, 2.45) is 0 Å². The van der Waals surface area contributed by atoms with Gasteiger partial charge in [0.15, 0.2) is 0 Å². The van der Waals surface area contributed by atoms with Gasteiger partial charge in [-0.05, 0) is 18.6 Å². The number of aromatic nitrogens is 3. The van der Waals surface area contributed by atoms with E-state index < -0.39 is 0 Å². The first-order valence-corrected chi connectivity index (χ1v) is 6.77. The van der Waals surface area contributed by atoms with Crippen molar-refractivity contribution in [2.75, 3.05) is 0 Å². The Kier molecular flexibility index (Phi) is 4.45. The van der Waals surface area contributed by atoms with Crippen molar-refractivity contribution < 1.29 is 4.79 Å². The maximum Gasteiger partial charge on any atom is 0.277 e. The van der Waals surface area contributed by atoms with E-state index in [1.165, 1.54) is 4.68 Å². The summed E-state index contributed by atoms with van der Waals surface area (Å²) in [5.74, 6) is -0.0290. The average Bonchev–Trinajstić information content (AvgIpc) is 2.49. The number of nitrogens with one attached hydrogen (secondary N) is 1. The summed E-state index contributed by atoms with van der Waals surface area (Å²) in [5.41, 5.74) is 0.402. The van der Waals surface area contributed by atoms with Crippen LogP contribution in [0.1, 0.15) is 26.7 Å². The number of benzene rings is 1. The molecule has 0 aliphatic heterocycles. The summed E-state index contributed by atoms with van der Waals surface area (Å²) in [6, 6.07) is 6.98. The number of fused-ring (bicyclic) bond motifs is 1. The van der Waals surface area contributed by atoms with Gasteiger partial charge >= 0.3 is 0 Å². The number of rotatable bonds is 5. The standard InChI is InChI=1S/C14H18N4O2/c1-3-10(15-13(19)4-2)9-18-14(20)11-7-5-6-8-12(11)16-17-18/h5-8,10H,3-4,9H2,1-2H3,(H,15,19)/t10-/m1/s1. The van der Waals surface area contributed by atoms with Gasteiger partial charge in [0.1, 0.15) is 5.52 Å². The van der Waals surface area contributed by atoms with Crippen LogP contribution >= 0.6 is 0 Å². The van der Waals surface area contributed by atoms with Crippen LogP contribution < -0.4 is 10.9 Å². The molecule has 2 aromatic rings. The van der Waals surface area contributed by atoms with Gasteiger partial charge in [-0.3, -0.25) is 9.59 Å². The third-order valence-corrected chi connectivity index (χ3v) is 3.20. The summed E-state index contributed by atoms with van der Waals surface area (Å²) < 4.78 is 1.31. The second-order valence-corrected chi connectivity index (χ2v) is 4.62. The van der Waals surface area contributed by atoms with Crippen LogP contribution in [0.3, 0.4) is 0 Å². The number of nitrogens with zero attached hydrogens (tertiary/aromatic N) is 3. The maximum atomic E-state index is 12.3. The molecule has 0 unspecified atom stereocenters. The normalized spacial score (nSPS) is 12.3. The van der Waals surface area contributed by atoms with Crippen LogP contribution in [0.15, 0.2) is 29.1 Å². The molecule has 0 aliphatic carbocycles. The quantitative estimate of drug-likeness (QED) is 0.885. The van der Waals surface area contributed by atoms with Gasteiger partial charge in [-0.1, -0.05) is 31.2 Å². The second-order valence-electron chi connectivity index (χ2n) is 4.62. The first-order valence-electron chi connectivity index (χ1n) is 6.77. The smallest absolute Gasteiger partial charge is 0.277 e. The molecule has 1 heterocycles. The molecule has 20 heavy (non-hydrogen) atoms. The van der Waals surface area contributed by atoms with Gasteiger partial charge in [0, 0.05) is 12.5 Å². The van der Waals surface area contributed by atoms with Gasteiger partial charge in [-0.25, -0.2) is 4.68 Å². The number of hydrogen-bond donors (Lipinski definition) is 1. The Morgan fingerprint density at radius 3 is 2.80 bits per heavy atom. The average molecular weight is 274 g/mol. The largest absolute Gasteiger partial charge is 0.352 e. The zero-order valence-corrected chi connectivity index (χ0v) is 11.7. The first-order chi connectivity index (χ1) is 9.65. The minimum Gasteiger partial charge on any atom is -0.352 e. The molecular formula is C14H18N4O2. The van der Waals surface area contributed by atoms with Gasteiger partial charge in [-0.2, -0.15) is 0 Å². The molecule has 0 fully saturated rings. The molecule has 1 aromatic carbocycles. The Labute approximate surface area is 116 Å². The van der Waals surface area contributed by atoms with Gasteiger partial charge in [0.25, 0.3) is 5.56 Å². The Morgan fingerprint density at radius 2 is 2.10 bits per heavy atom. The lowest BCUT2D eigenvalue weighted by Crippen LogP contribution is -2.40. The van der Waals surface area contributed by atoms with E-state index in [1.54, 1.807) is 25.1 Å². The zero-order valence-electron chi connectivity index (χ0n) is 11.7. The van der Waals surface area contributed by atoms with Crippen molar-refractivity contribution in [2.45, 2.75) is 39.3 Å². The van der Waals surface area contributed by atoms with Crippen molar-refractivity contribution in [1.29, 1.82) is 0 Å². The van der Waals surface area contributed by atoms with Crippen molar-refractivity contribution >= 4 is 16.8 Å².